The predicted octanol–water partition coefficient (Wildman–Crippen LogP) is 1.82. The van der Waals surface area contributed by atoms with E-state index < -0.39 is 24.0 Å². The summed E-state index contributed by atoms with van der Waals surface area (Å²) < 4.78 is 10.7. The van der Waals surface area contributed by atoms with E-state index in [-0.39, 0.29) is 6.54 Å². The van der Waals surface area contributed by atoms with Gasteiger partial charge in [-0.05, 0) is 31.0 Å². The van der Waals surface area contributed by atoms with Crippen LogP contribution in [0.3, 0.4) is 0 Å². The molecule has 0 bridgehead atoms. The average Bonchev–Trinajstić information content (AvgIpc) is 2.98. The number of carbonyl (C=O) groups excluding carboxylic acids is 3. The van der Waals surface area contributed by atoms with Crippen molar-refractivity contribution >= 4 is 17.9 Å². The van der Waals surface area contributed by atoms with Gasteiger partial charge in [0.1, 0.15) is 5.75 Å². The van der Waals surface area contributed by atoms with Crippen LogP contribution in [0.2, 0.25) is 0 Å². The van der Waals surface area contributed by atoms with Crippen molar-refractivity contribution in [2.45, 2.75) is 26.9 Å². The number of imide groups is 1. The van der Waals surface area contributed by atoms with Crippen LogP contribution < -0.4 is 10.1 Å². The summed E-state index contributed by atoms with van der Waals surface area (Å²) in [6, 6.07) is 6.14. The van der Waals surface area contributed by atoms with Crippen molar-refractivity contribution in [3.05, 3.63) is 29.8 Å². The zero-order chi connectivity index (χ0) is 17.7. The van der Waals surface area contributed by atoms with E-state index in [4.69, 9.17) is 9.47 Å². The van der Waals surface area contributed by atoms with Crippen molar-refractivity contribution < 1.29 is 23.9 Å². The smallest absolute Gasteiger partial charge is 0.339 e. The maximum absolute atomic E-state index is 12.2. The van der Waals surface area contributed by atoms with Crippen LogP contribution in [0.25, 0.3) is 0 Å². The Balaban J connectivity index is 1.97. The van der Waals surface area contributed by atoms with E-state index >= 15 is 0 Å². The molecule has 1 atom stereocenters. The molecule has 1 N–H and O–H groups in total. The van der Waals surface area contributed by atoms with Gasteiger partial charge in [0.2, 0.25) is 0 Å². The number of esters is 1. The van der Waals surface area contributed by atoms with Crippen LogP contribution in [0.1, 0.15) is 31.1 Å². The Morgan fingerprint density at radius 3 is 2.67 bits per heavy atom. The lowest BCUT2D eigenvalue weighted by Crippen LogP contribution is -2.41. The number of carbonyl (C=O) groups is 3. The van der Waals surface area contributed by atoms with Crippen LogP contribution in [0.15, 0.2) is 24.3 Å². The van der Waals surface area contributed by atoms with Crippen LogP contribution >= 0.6 is 0 Å². The molecule has 1 saturated heterocycles. The summed E-state index contributed by atoms with van der Waals surface area (Å²) in [4.78, 5) is 36.9. The van der Waals surface area contributed by atoms with Crippen LogP contribution in [0.4, 0.5) is 4.79 Å². The van der Waals surface area contributed by atoms with Crippen LogP contribution in [-0.2, 0) is 9.53 Å². The first kappa shape index (κ1) is 17.8. The number of ether oxygens (including phenoxy) is 2. The largest absolute Gasteiger partial charge is 0.493 e. The van der Waals surface area contributed by atoms with Crippen LogP contribution in [-0.4, -0.2) is 48.6 Å². The average molecular weight is 334 g/mol. The fourth-order valence-electron chi connectivity index (χ4n) is 2.16. The molecule has 1 aliphatic heterocycles. The third kappa shape index (κ3) is 4.47. The molecule has 130 valence electrons. The van der Waals surface area contributed by atoms with Crippen LogP contribution in [0.5, 0.6) is 5.75 Å². The van der Waals surface area contributed by atoms with E-state index in [2.05, 4.69) is 5.32 Å². The van der Waals surface area contributed by atoms with Gasteiger partial charge in [-0.3, -0.25) is 9.69 Å². The number of benzene rings is 1. The fraction of sp³-hybridized carbons (Fsp3) is 0.471. The van der Waals surface area contributed by atoms with Gasteiger partial charge in [0.25, 0.3) is 5.91 Å². The maximum atomic E-state index is 12.2. The number of nitrogens with one attached hydrogen (secondary N) is 1. The molecule has 1 aromatic carbocycles. The molecule has 3 amide bonds. The van der Waals surface area contributed by atoms with Gasteiger partial charge in [-0.15, -0.1) is 0 Å². The SMILES string of the molecule is CC(C)COc1cccc(C(=O)O[C@H](C)C(=O)N2CCNC2=O)c1. The zero-order valence-electron chi connectivity index (χ0n) is 14.1. The number of amides is 3. The van der Waals surface area contributed by atoms with Crippen molar-refractivity contribution in [3.63, 3.8) is 0 Å². The highest BCUT2D eigenvalue weighted by Crippen LogP contribution is 2.16. The molecule has 0 aliphatic carbocycles. The monoisotopic (exact) mass is 334 g/mol. The molecule has 0 saturated carbocycles. The molecular weight excluding hydrogens is 312 g/mol. The Kier molecular flexibility index (Phi) is 5.78. The highest BCUT2D eigenvalue weighted by molar-refractivity contribution is 5.99. The quantitative estimate of drug-likeness (QED) is 0.802. The molecular formula is C17H22N2O5. The van der Waals surface area contributed by atoms with E-state index in [1.807, 2.05) is 13.8 Å². The number of hydrogen-bond donors (Lipinski definition) is 1. The Morgan fingerprint density at radius 1 is 1.29 bits per heavy atom. The van der Waals surface area contributed by atoms with E-state index in [0.717, 1.165) is 4.90 Å². The number of hydrogen-bond acceptors (Lipinski definition) is 5. The molecule has 24 heavy (non-hydrogen) atoms. The van der Waals surface area contributed by atoms with E-state index in [1.54, 1.807) is 24.3 Å². The lowest BCUT2D eigenvalue weighted by atomic mass is 10.2. The molecule has 0 unspecified atom stereocenters. The first-order valence-electron chi connectivity index (χ1n) is 7.91. The van der Waals surface area contributed by atoms with Gasteiger partial charge < -0.3 is 14.8 Å². The molecule has 0 radical (unpaired) electrons. The van der Waals surface area contributed by atoms with Gasteiger partial charge in [-0.1, -0.05) is 19.9 Å². The Labute approximate surface area is 140 Å². The minimum atomic E-state index is -1.04. The summed E-state index contributed by atoms with van der Waals surface area (Å²) >= 11 is 0. The summed E-state index contributed by atoms with van der Waals surface area (Å²) in [5.41, 5.74) is 0.293. The maximum Gasteiger partial charge on any atom is 0.339 e. The normalized spacial score (nSPS) is 15.2. The van der Waals surface area contributed by atoms with Crippen molar-refractivity contribution in [1.29, 1.82) is 0 Å². The van der Waals surface area contributed by atoms with Gasteiger partial charge in [0.15, 0.2) is 6.10 Å². The Hall–Kier alpha value is -2.57. The molecule has 7 nitrogen and oxygen atoms in total. The highest BCUT2D eigenvalue weighted by atomic mass is 16.5. The molecule has 1 fully saturated rings. The van der Waals surface area contributed by atoms with Gasteiger partial charge in [-0.25, -0.2) is 9.59 Å². The first-order chi connectivity index (χ1) is 11.4. The molecule has 0 aromatic heterocycles. The number of urea groups is 1. The standard InChI is InChI=1S/C17H22N2O5/c1-11(2)10-23-14-6-4-5-13(9-14)16(21)24-12(3)15(20)19-8-7-18-17(19)22/h4-6,9,11-12H,7-8,10H2,1-3H3,(H,18,22)/t12-/m1/s1. The highest BCUT2D eigenvalue weighted by Gasteiger charge is 2.31. The second kappa shape index (κ2) is 7.81. The summed E-state index contributed by atoms with van der Waals surface area (Å²) in [5.74, 6) is -0.239. The molecule has 7 heteroatoms. The van der Waals surface area contributed by atoms with E-state index in [9.17, 15) is 14.4 Å². The van der Waals surface area contributed by atoms with E-state index in [1.165, 1.54) is 6.92 Å². The second-order valence-electron chi connectivity index (χ2n) is 6.00. The van der Waals surface area contributed by atoms with Crippen molar-refractivity contribution in [2.75, 3.05) is 19.7 Å². The molecule has 1 aromatic rings. The minimum Gasteiger partial charge on any atom is -0.493 e. The van der Waals surface area contributed by atoms with Crippen molar-refractivity contribution in [1.82, 2.24) is 10.2 Å². The van der Waals surface area contributed by atoms with Crippen molar-refractivity contribution in [3.8, 4) is 5.75 Å². The minimum absolute atomic E-state index is 0.276. The summed E-state index contributed by atoms with van der Waals surface area (Å²) in [7, 11) is 0. The predicted molar refractivity (Wildman–Crippen MR) is 86.8 cm³/mol. The van der Waals surface area contributed by atoms with Gasteiger partial charge in [0.05, 0.1) is 12.2 Å². The third-order valence-corrected chi connectivity index (χ3v) is 3.41. The Bertz CT molecular complexity index is 629. The molecule has 0 spiro atoms. The number of nitrogens with zero attached hydrogens (tertiary/aromatic N) is 1. The van der Waals surface area contributed by atoms with Gasteiger partial charge in [0, 0.05) is 13.1 Å². The second-order valence-corrected chi connectivity index (χ2v) is 6.00. The fourth-order valence-corrected chi connectivity index (χ4v) is 2.16. The van der Waals surface area contributed by atoms with Gasteiger partial charge >= 0.3 is 12.0 Å². The summed E-state index contributed by atoms with van der Waals surface area (Å²) in [6.07, 6.45) is -1.04. The molecule has 2 rings (SSSR count). The summed E-state index contributed by atoms with van der Waals surface area (Å²) in [6.45, 7) is 6.72. The zero-order valence-corrected chi connectivity index (χ0v) is 14.1. The van der Waals surface area contributed by atoms with E-state index in [0.29, 0.717) is 30.4 Å². The Morgan fingerprint density at radius 2 is 2.04 bits per heavy atom. The molecule has 1 heterocycles. The van der Waals surface area contributed by atoms with Crippen molar-refractivity contribution in [2.24, 2.45) is 5.92 Å². The van der Waals surface area contributed by atoms with Gasteiger partial charge in [-0.2, -0.15) is 0 Å². The van der Waals surface area contributed by atoms with Crippen LogP contribution in [0, 0.1) is 5.92 Å². The molecule has 1 aliphatic rings. The lowest BCUT2D eigenvalue weighted by molar-refractivity contribution is -0.136. The lowest BCUT2D eigenvalue weighted by Gasteiger charge is -2.18. The number of rotatable bonds is 6. The topological polar surface area (TPSA) is 84.9 Å². The third-order valence-electron chi connectivity index (χ3n) is 3.41. The summed E-state index contributed by atoms with van der Waals surface area (Å²) in [5, 5.41) is 2.53. The first-order valence-corrected chi connectivity index (χ1v) is 7.91.